The Morgan fingerprint density at radius 3 is 1.17 bits per heavy atom. The molecule has 0 amide bonds. The third-order valence-corrected chi connectivity index (χ3v) is 3.32. The lowest BCUT2D eigenvalue weighted by atomic mass is 9.84. The van der Waals surface area contributed by atoms with Crippen LogP contribution in [0, 0.1) is 10.8 Å². The molecule has 0 aromatic carbocycles. The van der Waals surface area contributed by atoms with E-state index in [2.05, 4.69) is 61.9 Å². The molecule has 0 radical (unpaired) electrons. The summed E-state index contributed by atoms with van der Waals surface area (Å²) in [6.07, 6.45) is 1.63. The van der Waals surface area contributed by atoms with Gasteiger partial charge in [0.15, 0.2) is 0 Å². The van der Waals surface area contributed by atoms with Crippen LogP contribution in [0.25, 0.3) is 0 Å². The monoisotopic (exact) mass is 246 g/mol. The van der Waals surface area contributed by atoms with Crippen molar-refractivity contribution in [2.75, 3.05) is 0 Å². The van der Waals surface area contributed by atoms with Crippen molar-refractivity contribution in [3.8, 4) is 0 Å². The molecule has 2 aliphatic rings. The second-order valence-electron chi connectivity index (χ2n) is 7.04. The summed E-state index contributed by atoms with van der Waals surface area (Å²) < 4.78 is 0. The molecule has 0 spiro atoms. The fourth-order valence-corrected chi connectivity index (χ4v) is 1.85. The third-order valence-electron chi connectivity index (χ3n) is 3.32. The summed E-state index contributed by atoms with van der Waals surface area (Å²) in [6, 6.07) is 0. The van der Waals surface area contributed by atoms with E-state index in [0.29, 0.717) is 0 Å². The first-order chi connectivity index (χ1) is 8.18. The average molecular weight is 246 g/mol. The van der Waals surface area contributed by atoms with E-state index in [4.69, 9.17) is 0 Å². The van der Waals surface area contributed by atoms with Crippen molar-refractivity contribution in [2.24, 2.45) is 31.2 Å². The molecule has 0 N–H and O–H groups in total. The van der Waals surface area contributed by atoms with Gasteiger partial charge in [-0.25, -0.2) is 0 Å². The maximum atomic E-state index is 4.29. The van der Waals surface area contributed by atoms with Gasteiger partial charge in [0.1, 0.15) is 0 Å². The van der Waals surface area contributed by atoms with Crippen LogP contribution in [0.4, 0.5) is 0 Å². The van der Waals surface area contributed by atoms with Gasteiger partial charge in [0.25, 0.3) is 0 Å². The maximum absolute atomic E-state index is 4.29. The topological polar surface area (TPSA) is 49.4 Å². The minimum Gasteiger partial charge on any atom is -0.159 e. The van der Waals surface area contributed by atoms with Crippen LogP contribution in [0.2, 0.25) is 0 Å². The summed E-state index contributed by atoms with van der Waals surface area (Å²) in [5, 5.41) is 17.2. The van der Waals surface area contributed by atoms with Crippen molar-refractivity contribution in [3.63, 3.8) is 0 Å². The molecule has 18 heavy (non-hydrogen) atoms. The third kappa shape index (κ3) is 2.57. The first-order valence-corrected chi connectivity index (χ1v) is 6.46. The van der Waals surface area contributed by atoms with E-state index >= 15 is 0 Å². The Bertz CT molecular complexity index is 433. The van der Waals surface area contributed by atoms with Gasteiger partial charge < -0.3 is 0 Å². The van der Waals surface area contributed by atoms with Crippen LogP contribution < -0.4 is 0 Å². The number of rotatable bonds is 1. The van der Waals surface area contributed by atoms with Gasteiger partial charge in [-0.15, -0.1) is 0 Å². The fourth-order valence-electron chi connectivity index (χ4n) is 1.85. The van der Waals surface area contributed by atoms with Gasteiger partial charge in [0, 0.05) is 23.7 Å². The Morgan fingerprint density at radius 1 is 0.611 bits per heavy atom. The summed E-state index contributed by atoms with van der Waals surface area (Å²) in [4.78, 5) is 0. The molecule has 0 aliphatic carbocycles. The highest BCUT2D eigenvalue weighted by Crippen LogP contribution is 2.26. The lowest BCUT2D eigenvalue weighted by Gasteiger charge is -2.18. The van der Waals surface area contributed by atoms with Crippen LogP contribution in [-0.4, -0.2) is 22.8 Å². The zero-order valence-electron chi connectivity index (χ0n) is 12.2. The summed E-state index contributed by atoms with van der Waals surface area (Å²) in [5.74, 6) is 0. The molecular formula is C14H22N4. The molecule has 0 atom stereocenters. The summed E-state index contributed by atoms with van der Waals surface area (Å²) in [7, 11) is 0. The standard InChI is InChI=1S/C14H22N4/c1-13(2,3)11-7-9(15-17-11)10-8-12(18-16-10)14(4,5)6/h7-8H2,1-6H3. The molecule has 0 bridgehead atoms. The molecule has 4 heteroatoms. The SMILES string of the molecule is CC(C)(C)C1=NN=C(C2=NN=C(C(C)(C)C)C2)C1. The highest BCUT2D eigenvalue weighted by Gasteiger charge is 2.31. The second kappa shape index (κ2) is 4.11. The lowest BCUT2D eigenvalue weighted by molar-refractivity contribution is 0.584. The summed E-state index contributed by atoms with van der Waals surface area (Å²) >= 11 is 0. The Labute approximate surface area is 109 Å². The molecule has 98 valence electrons. The normalized spacial score (nSPS) is 20.6. The average Bonchev–Trinajstić information content (AvgIpc) is 2.84. The minimum atomic E-state index is 0.0815. The molecule has 0 saturated heterocycles. The minimum absolute atomic E-state index is 0.0815. The number of hydrogen-bond donors (Lipinski definition) is 0. The van der Waals surface area contributed by atoms with Crippen molar-refractivity contribution in [1.29, 1.82) is 0 Å². The fraction of sp³-hybridized carbons (Fsp3) is 0.714. The van der Waals surface area contributed by atoms with E-state index in [9.17, 15) is 0 Å². The summed E-state index contributed by atoms with van der Waals surface area (Å²) in [6.45, 7) is 13.0. The van der Waals surface area contributed by atoms with Crippen molar-refractivity contribution >= 4 is 22.8 Å². The largest absolute Gasteiger partial charge is 0.159 e. The number of nitrogens with zero attached hydrogens (tertiary/aromatic N) is 4. The lowest BCUT2D eigenvalue weighted by Crippen LogP contribution is -2.25. The van der Waals surface area contributed by atoms with Gasteiger partial charge in [-0.3, -0.25) is 0 Å². The van der Waals surface area contributed by atoms with Crippen molar-refractivity contribution < 1.29 is 0 Å². The quantitative estimate of drug-likeness (QED) is 0.680. The van der Waals surface area contributed by atoms with E-state index in [1.54, 1.807) is 0 Å². The Balaban J connectivity index is 2.01. The Kier molecular flexibility index (Phi) is 2.99. The van der Waals surface area contributed by atoms with Gasteiger partial charge in [-0.2, -0.15) is 20.4 Å². The highest BCUT2D eigenvalue weighted by atomic mass is 15.3. The highest BCUT2D eigenvalue weighted by molar-refractivity contribution is 6.49. The van der Waals surface area contributed by atoms with Gasteiger partial charge in [0.2, 0.25) is 0 Å². The molecule has 0 fully saturated rings. The first-order valence-electron chi connectivity index (χ1n) is 6.46. The van der Waals surface area contributed by atoms with Crippen LogP contribution >= 0.6 is 0 Å². The molecule has 0 aromatic heterocycles. The molecule has 4 nitrogen and oxygen atoms in total. The Hall–Kier alpha value is -1.32. The van der Waals surface area contributed by atoms with E-state index < -0.39 is 0 Å². The van der Waals surface area contributed by atoms with Crippen LogP contribution in [-0.2, 0) is 0 Å². The zero-order chi connectivity index (χ0) is 13.6. The molecule has 2 heterocycles. The zero-order valence-corrected chi connectivity index (χ0v) is 12.2. The molecule has 2 rings (SSSR count). The van der Waals surface area contributed by atoms with Crippen molar-refractivity contribution in [1.82, 2.24) is 0 Å². The van der Waals surface area contributed by atoms with E-state index in [-0.39, 0.29) is 10.8 Å². The van der Waals surface area contributed by atoms with Gasteiger partial charge in [0.05, 0.1) is 22.8 Å². The molecular weight excluding hydrogens is 224 g/mol. The first kappa shape index (κ1) is 13.1. The van der Waals surface area contributed by atoms with Gasteiger partial charge >= 0.3 is 0 Å². The van der Waals surface area contributed by atoms with E-state index in [0.717, 1.165) is 35.7 Å². The smallest absolute Gasteiger partial charge is 0.0924 e. The molecule has 0 saturated carbocycles. The molecule has 0 aromatic rings. The number of hydrogen-bond acceptors (Lipinski definition) is 4. The predicted octanol–water partition coefficient (Wildman–Crippen LogP) is 3.48. The molecule has 0 unspecified atom stereocenters. The van der Waals surface area contributed by atoms with Crippen molar-refractivity contribution in [3.05, 3.63) is 0 Å². The van der Waals surface area contributed by atoms with Crippen LogP contribution in [0.3, 0.4) is 0 Å². The van der Waals surface area contributed by atoms with E-state index in [1.807, 2.05) is 0 Å². The van der Waals surface area contributed by atoms with Gasteiger partial charge in [-0.1, -0.05) is 41.5 Å². The predicted molar refractivity (Wildman–Crippen MR) is 77.9 cm³/mol. The van der Waals surface area contributed by atoms with E-state index in [1.165, 1.54) is 0 Å². The second-order valence-corrected chi connectivity index (χ2v) is 7.04. The molecule has 2 aliphatic heterocycles. The van der Waals surface area contributed by atoms with Crippen LogP contribution in [0.1, 0.15) is 54.4 Å². The van der Waals surface area contributed by atoms with Crippen LogP contribution in [0.5, 0.6) is 0 Å². The maximum Gasteiger partial charge on any atom is 0.0924 e. The summed E-state index contributed by atoms with van der Waals surface area (Å²) in [5.41, 5.74) is 4.40. The van der Waals surface area contributed by atoms with Crippen molar-refractivity contribution in [2.45, 2.75) is 54.4 Å². The van der Waals surface area contributed by atoms with Crippen LogP contribution in [0.15, 0.2) is 20.4 Å². The Morgan fingerprint density at radius 2 is 0.944 bits per heavy atom. The van der Waals surface area contributed by atoms with Gasteiger partial charge in [-0.05, 0) is 0 Å².